The van der Waals surface area contributed by atoms with Crippen LogP contribution in [0, 0.1) is 11.8 Å². The third-order valence-corrected chi connectivity index (χ3v) is 3.71. The predicted octanol–water partition coefficient (Wildman–Crippen LogP) is 1.87. The average molecular weight is 314 g/mol. The molecular weight excluding hydrogens is 298 g/mol. The molecule has 0 saturated carbocycles. The Labute approximate surface area is 115 Å². The molecule has 1 aliphatic rings. The second kappa shape index (κ2) is 5.65. The van der Waals surface area contributed by atoms with Crippen LogP contribution in [-0.4, -0.2) is 36.1 Å². The van der Waals surface area contributed by atoms with E-state index >= 15 is 0 Å². The van der Waals surface area contributed by atoms with Crippen molar-refractivity contribution in [1.29, 1.82) is 0 Å². The number of piperidine rings is 1. The molecular formula is C12H16BrN3O2. The first-order chi connectivity index (χ1) is 8.61. The van der Waals surface area contributed by atoms with Gasteiger partial charge < -0.3 is 9.64 Å². The normalized spacial score (nSPS) is 23.8. The maximum Gasteiger partial charge on any atom is 0.309 e. The van der Waals surface area contributed by atoms with Crippen LogP contribution in [0.25, 0.3) is 0 Å². The molecule has 1 aromatic heterocycles. The maximum absolute atomic E-state index is 11.6. The van der Waals surface area contributed by atoms with Crippen molar-refractivity contribution in [2.75, 3.05) is 25.1 Å². The molecule has 1 saturated heterocycles. The number of halogens is 1. The summed E-state index contributed by atoms with van der Waals surface area (Å²) in [6, 6.07) is 0. The van der Waals surface area contributed by atoms with Crippen molar-refractivity contribution in [3.8, 4) is 0 Å². The standard InChI is InChI=1S/C12H16BrN3O2/c1-8-7-16(4-3-10(8)11(17)18-2)12-14-5-9(13)6-15-12/h5-6,8,10H,3-4,7H2,1-2H3/t8-,10-/m1/s1. The predicted molar refractivity (Wildman–Crippen MR) is 71.2 cm³/mol. The van der Waals surface area contributed by atoms with E-state index in [4.69, 9.17) is 4.74 Å². The van der Waals surface area contributed by atoms with Crippen LogP contribution in [0.4, 0.5) is 5.95 Å². The number of esters is 1. The summed E-state index contributed by atoms with van der Waals surface area (Å²) in [4.78, 5) is 22.3. The van der Waals surface area contributed by atoms with Gasteiger partial charge in [0.25, 0.3) is 0 Å². The third kappa shape index (κ3) is 2.80. The Morgan fingerprint density at radius 1 is 1.50 bits per heavy atom. The number of aromatic nitrogens is 2. The van der Waals surface area contributed by atoms with Crippen molar-refractivity contribution in [2.24, 2.45) is 11.8 Å². The van der Waals surface area contributed by atoms with Gasteiger partial charge in [-0.1, -0.05) is 6.92 Å². The largest absolute Gasteiger partial charge is 0.469 e. The summed E-state index contributed by atoms with van der Waals surface area (Å²) in [7, 11) is 1.44. The molecule has 6 heteroatoms. The molecule has 0 aromatic carbocycles. The van der Waals surface area contributed by atoms with E-state index in [1.807, 2.05) is 0 Å². The van der Waals surface area contributed by atoms with Crippen LogP contribution < -0.4 is 4.90 Å². The lowest BCUT2D eigenvalue weighted by Gasteiger charge is -2.35. The highest BCUT2D eigenvalue weighted by molar-refractivity contribution is 9.10. The van der Waals surface area contributed by atoms with Crippen molar-refractivity contribution in [3.05, 3.63) is 16.9 Å². The molecule has 1 fully saturated rings. The van der Waals surface area contributed by atoms with Gasteiger partial charge in [-0.05, 0) is 28.3 Å². The SMILES string of the molecule is COC(=O)[C@@H]1CCN(c2ncc(Br)cn2)C[C@H]1C. The Hall–Kier alpha value is -1.17. The molecule has 1 aromatic rings. The zero-order chi connectivity index (χ0) is 13.1. The summed E-state index contributed by atoms with van der Waals surface area (Å²) in [5.41, 5.74) is 0. The smallest absolute Gasteiger partial charge is 0.309 e. The highest BCUT2D eigenvalue weighted by Crippen LogP contribution is 2.26. The molecule has 0 bridgehead atoms. The highest BCUT2D eigenvalue weighted by Gasteiger charge is 2.32. The summed E-state index contributed by atoms with van der Waals surface area (Å²) < 4.78 is 5.69. The van der Waals surface area contributed by atoms with Crippen LogP contribution in [0.3, 0.4) is 0 Å². The third-order valence-electron chi connectivity index (χ3n) is 3.30. The maximum atomic E-state index is 11.6. The second-order valence-corrected chi connectivity index (χ2v) is 5.46. The minimum Gasteiger partial charge on any atom is -0.469 e. The van der Waals surface area contributed by atoms with E-state index in [0.29, 0.717) is 5.95 Å². The number of nitrogens with zero attached hydrogens (tertiary/aromatic N) is 3. The Kier molecular flexibility index (Phi) is 4.16. The summed E-state index contributed by atoms with van der Waals surface area (Å²) in [5, 5.41) is 0. The fourth-order valence-corrected chi connectivity index (χ4v) is 2.50. The first kappa shape index (κ1) is 13.3. The van der Waals surface area contributed by atoms with Crippen molar-refractivity contribution in [3.63, 3.8) is 0 Å². The van der Waals surface area contributed by atoms with Crippen molar-refractivity contribution >= 4 is 27.8 Å². The summed E-state index contributed by atoms with van der Waals surface area (Å²) in [5.74, 6) is 0.840. The molecule has 2 atom stereocenters. The molecule has 2 rings (SSSR count). The summed E-state index contributed by atoms with van der Waals surface area (Å²) >= 11 is 3.31. The van der Waals surface area contributed by atoms with E-state index in [0.717, 1.165) is 24.0 Å². The quantitative estimate of drug-likeness (QED) is 0.780. The zero-order valence-electron chi connectivity index (χ0n) is 10.5. The fourth-order valence-electron chi connectivity index (χ4n) is 2.30. The van der Waals surface area contributed by atoms with E-state index in [9.17, 15) is 4.79 Å². The number of carbonyl (C=O) groups is 1. The summed E-state index contributed by atoms with van der Waals surface area (Å²) in [6.45, 7) is 3.62. The number of hydrogen-bond acceptors (Lipinski definition) is 5. The minimum absolute atomic E-state index is 0.0123. The van der Waals surface area contributed by atoms with Gasteiger partial charge in [-0.15, -0.1) is 0 Å². The van der Waals surface area contributed by atoms with E-state index < -0.39 is 0 Å². The van der Waals surface area contributed by atoms with Crippen LogP contribution >= 0.6 is 15.9 Å². The lowest BCUT2D eigenvalue weighted by Crippen LogP contribution is -2.43. The molecule has 5 nitrogen and oxygen atoms in total. The van der Waals surface area contributed by atoms with E-state index in [1.54, 1.807) is 12.4 Å². The van der Waals surface area contributed by atoms with Gasteiger partial charge in [0.05, 0.1) is 17.5 Å². The van der Waals surface area contributed by atoms with Crippen LogP contribution in [0.2, 0.25) is 0 Å². The second-order valence-electron chi connectivity index (χ2n) is 4.54. The first-order valence-electron chi connectivity index (χ1n) is 5.92. The molecule has 0 radical (unpaired) electrons. The number of rotatable bonds is 2. The number of carbonyl (C=O) groups excluding carboxylic acids is 1. The molecule has 0 spiro atoms. The molecule has 1 aliphatic heterocycles. The molecule has 0 amide bonds. The van der Waals surface area contributed by atoms with Crippen LogP contribution in [0.1, 0.15) is 13.3 Å². The Morgan fingerprint density at radius 3 is 2.72 bits per heavy atom. The highest BCUT2D eigenvalue weighted by atomic mass is 79.9. The van der Waals surface area contributed by atoms with Crippen molar-refractivity contribution < 1.29 is 9.53 Å². The Morgan fingerprint density at radius 2 is 2.17 bits per heavy atom. The summed E-state index contributed by atoms with van der Waals surface area (Å²) in [6.07, 6.45) is 4.26. The molecule has 98 valence electrons. The Bertz CT molecular complexity index is 424. The average Bonchev–Trinajstić information content (AvgIpc) is 2.38. The lowest BCUT2D eigenvalue weighted by atomic mass is 9.87. The lowest BCUT2D eigenvalue weighted by molar-refractivity contribution is -0.147. The van der Waals surface area contributed by atoms with Gasteiger partial charge in [0.2, 0.25) is 5.95 Å². The van der Waals surface area contributed by atoms with Crippen LogP contribution in [-0.2, 0) is 9.53 Å². The van der Waals surface area contributed by atoms with Gasteiger partial charge in [0.15, 0.2) is 0 Å². The van der Waals surface area contributed by atoms with Crippen LogP contribution in [0.15, 0.2) is 16.9 Å². The molecule has 2 heterocycles. The zero-order valence-corrected chi connectivity index (χ0v) is 12.1. The van der Waals surface area contributed by atoms with Crippen molar-refractivity contribution in [2.45, 2.75) is 13.3 Å². The molecule has 0 unspecified atom stereocenters. The minimum atomic E-state index is -0.112. The monoisotopic (exact) mass is 313 g/mol. The van der Waals surface area contributed by atoms with Gasteiger partial charge in [-0.3, -0.25) is 4.79 Å². The van der Waals surface area contributed by atoms with Gasteiger partial charge in [0, 0.05) is 25.5 Å². The number of methoxy groups -OCH3 is 1. The fraction of sp³-hybridized carbons (Fsp3) is 0.583. The molecule has 18 heavy (non-hydrogen) atoms. The van der Waals surface area contributed by atoms with Gasteiger partial charge in [-0.25, -0.2) is 9.97 Å². The van der Waals surface area contributed by atoms with Crippen LogP contribution in [0.5, 0.6) is 0 Å². The molecule has 0 aliphatic carbocycles. The van der Waals surface area contributed by atoms with Crippen molar-refractivity contribution in [1.82, 2.24) is 9.97 Å². The Balaban J connectivity index is 2.04. The topological polar surface area (TPSA) is 55.3 Å². The number of anilines is 1. The first-order valence-corrected chi connectivity index (χ1v) is 6.71. The number of ether oxygens (including phenoxy) is 1. The van der Waals surface area contributed by atoms with E-state index in [-0.39, 0.29) is 17.8 Å². The van der Waals surface area contributed by atoms with E-state index in [1.165, 1.54) is 7.11 Å². The van der Waals surface area contributed by atoms with Gasteiger partial charge >= 0.3 is 5.97 Å². The van der Waals surface area contributed by atoms with Gasteiger partial charge in [0.1, 0.15) is 0 Å². The van der Waals surface area contributed by atoms with Gasteiger partial charge in [-0.2, -0.15) is 0 Å². The molecule has 0 N–H and O–H groups in total. The number of hydrogen-bond donors (Lipinski definition) is 0. The van der Waals surface area contributed by atoms with E-state index in [2.05, 4.69) is 37.7 Å².